The van der Waals surface area contributed by atoms with E-state index in [4.69, 9.17) is 0 Å². The normalized spacial score (nSPS) is 10.6. The summed E-state index contributed by atoms with van der Waals surface area (Å²) in [7, 11) is 0. The molecule has 100 valence electrons. The Morgan fingerprint density at radius 1 is 1.11 bits per heavy atom. The van der Waals surface area contributed by atoms with Gasteiger partial charge in [0.15, 0.2) is 23.3 Å². The van der Waals surface area contributed by atoms with Gasteiger partial charge in [0.2, 0.25) is 0 Å². The number of benzene rings is 1. The number of hydrogen-bond donors (Lipinski definition) is 1. The van der Waals surface area contributed by atoms with Gasteiger partial charge in [0.1, 0.15) is 5.69 Å². The Labute approximate surface area is 117 Å². The average Bonchev–Trinajstić information content (AvgIpc) is 2.93. The van der Waals surface area contributed by atoms with E-state index < -0.39 is 39.3 Å². The van der Waals surface area contributed by atoms with Crippen LogP contribution in [0.25, 0.3) is 0 Å². The Balaban J connectivity index is 2.44. The van der Waals surface area contributed by atoms with E-state index in [1.165, 1.54) is 6.07 Å². The molecule has 0 radical (unpaired) electrons. The molecular formula is C11H4BrF4NOS. The predicted octanol–water partition coefficient (Wildman–Crippen LogP) is 4.32. The van der Waals surface area contributed by atoms with E-state index >= 15 is 0 Å². The van der Waals surface area contributed by atoms with Crippen LogP contribution in [0.5, 0.6) is 0 Å². The highest BCUT2D eigenvalue weighted by Crippen LogP contribution is 2.31. The van der Waals surface area contributed by atoms with E-state index in [9.17, 15) is 22.4 Å². The Morgan fingerprint density at radius 2 is 1.68 bits per heavy atom. The number of carbonyl (C=O) groups excluding carboxylic acids is 1. The maximum Gasteiger partial charge on any atom is 0.265 e. The second-order valence-electron chi connectivity index (χ2n) is 3.38. The van der Waals surface area contributed by atoms with E-state index in [1.807, 2.05) is 5.32 Å². The van der Waals surface area contributed by atoms with Gasteiger partial charge in [-0.2, -0.15) is 0 Å². The maximum atomic E-state index is 13.5. The van der Waals surface area contributed by atoms with Crippen molar-refractivity contribution >= 4 is 38.9 Å². The molecule has 2 rings (SSSR count). The summed E-state index contributed by atoms with van der Waals surface area (Å²) in [6, 6.07) is 2.95. The van der Waals surface area contributed by atoms with Gasteiger partial charge in [0.25, 0.3) is 5.91 Å². The highest BCUT2D eigenvalue weighted by atomic mass is 79.9. The zero-order chi connectivity index (χ0) is 14.2. The molecule has 0 saturated heterocycles. The number of amides is 1. The van der Waals surface area contributed by atoms with E-state index in [2.05, 4.69) is 15.9 Å². The van der Waals surface area contributed by atoms with E-state index in [-0.39, 0.29) is 4.88 Å². The Kier molecular flexibility index (Phi) is 3.91. The van der Waals surface area contributed by atoms with Crippen LogP contribution in [0.3, 0.4) is 0 Å². The molecule has 2 aromatic rings. The first-order valence-electron chi connectivity index (χ1n) is 4.79. The van der Waals surface area contributed by atoms with Crippen molar-refractivity contribution in [1.29, 1.82) is 0 Å². The van der Waals surface area contributed by atoms with Gasteiger partial charge in [-0.25, -0.2) is 17.6 Å². The number of halogens is 5. The van der Waals surface area contributed by atoms with Crippen molar-refractivity contribution in [2.24, 2.45) is 0 Å². The van der Waals surface area contributed by atoms with Crippen LogP contribution >= 0.6 is 27.3 Å². The van der Waals surface area contributed by atoms with Crippen LogP contribution in [0, 0.1) is 23.3 Å². The fourth-order valence-corrected chi connectivity index (χ4v) is 2.26. The van der Waals surface area contributed by atoms with Gasteiger partial charge < -0.3 is 5.32 Å². The lowest BCUT2D eigenvalue weighted by molar-refractivity contribution is 0.102. The number of rotatable bonds is 2. The van der Waals surface area contributed by atoms with Crippen LogP contribution in [-0.4, -0.2) is 5.91 Å². The van der Waals surface area contributed by atoms with Crippen LogP contribution in [0.15, 0.2) is 22.0 Å². The maximum absolute atomic E-state index is 13.5. The molecule has 8 heteroatoms. The quantitative estimate of drug-likeness (QED) is 0.486. The van der Waals surface area contributed by atoms with Crippen molar-refractivity contribution in [3.8, 4) is 0 Å². The Bertz CT molecular complexity index is 616. The number of hydrogen-bond acceptors (Lipinski definition) is 2. The molecule has 0 aliphatic carbocycles. The monoisotopic (exact) mass is 353 g/mol. The van der Waals surface area contributed by atoms with E-state index in [1.54, 1.807) is 11.4 Å². The minimum absolute atomic E-state index is 0.155. The van der Waals surface area contributed by atoms with Crippen molar-refractivity contribution in [1.82, 2.24) is 0 Å². The standard InChI is InChI=1S/C11H4BrF4NOS/c12-5-6(13)8(15)10(9(16)7(5)14)17-11(18)4-2-1-3-19-4/h1-3H,(H,17,18). The van der Waals surface area contributed by atoms with Gasteiger partial charge in [0.05, 0.1) is 9.35 Å². The predicted molar refractivity (Wildman–Crippen MR) is 66.2 cm³/mol. The lowest BCUT2D eigenvalue weighted by Gasteiger charge is -2.09. The lowest BCUT2D eigenvalue weighted by atomic mass is 10.2. The van der Waals surface area contributed by atoms with Gasteiger partial charge in [-0.15, -0.1) is 11.3 Å². The molecule has 1 amide bonds. The van der Waals surface area contributed by atoms with Gasteiger partial charge in [-0.05, 0) is 27.4 Å². The summed E-state index contributed by atoms with van der Waals surface area (Å²) in [5, 5.41) is 3.38. The number of thiophene rings is 1. The van der Waals surface area contributed by atoms with Crippen LogP contribution in [0.1, 0.15) is 9.67 Å². The minimum atomic E-state index is -1.67. The average molecular weight is 354 g/mol. The molecule has 2 nitrogen and oxygen atoms in total. The molecule has 1 aromatic heterocycles. The summed E-state index contributed by atoms with van der Waals surface area (Å²) in [5.74, 6) is -7.42. The summed E-state index contributed by atoms with van der Waals surface area (Å²) in [6.45, 7) is 0. The van der Waals surface area contributed by atoms with E-state index in [0.29, 0.717) is 0 Å². The molecule has 19 heavy (non-hydrogen) atoms. The zero-order valence-corrected chi connectivity index (χ0v) is 11.3. The van der Waals surface area contributed by atoms with Crippen LogP contribution in [0.2, 0.25) is 0 Å². The molecule has 0 spiro atoms. The minimum Gasteiger partial charge on any atom is -0.316 e. The highest BCUT2D eigenvalue weighted by molar-refractivity contribution is 9.10. The molecule has 0 saturated carbocycles. The Hall–Kier alpha value is -1.41. The molecule has 0 fully saturated rings. The lowest BCUT2D eigenvalue weighted by Crippen LogP contribution is -2.15. The summed E-state index contributed by atoms with van der Waals surface area (Å²) >= 11 is 3.40. The fraction of sp³-hybridized carbons (Fsp3) is 0. The van der Waals surface area contributed by atoms with Crippen molar-refractivity contribution in [2.45, 2.75) is 0 Å². The summed E-state index contributed by atoms with van der Waals surface area (Å²) in [6.07, 6.45) is 0. The van der Waals surface area contributed by atoms with E-state index in [0.717, 1.165) is 11.3 Å². The zero-order valence-electron chi connectivity index (χ0n) is 8.94. The second kappa shape index (κ2) is 5.30. The highest BCUT2D eigenvalue weighted by Gasteiger charge is 2.25. The van der Waals surface area contributed by atoms with Crippen LogP contribution in [-0.2, 0) is 0 Å². The summed E-state index contributed by atoms with van der Waals surface area (Å²) in [4.78, 5) is 11.8. The number of nitrogens with one attached hydrogen (secondary N) is 1. The number of carbonyl (C=O) groups is 1. The SMILES string of the molecule is O=C(Nc1c(F)c(F)c(Br)c(F)c1F)c1cccs1. The second-order valence-corrected chi connectivity index (χ2v) is 5.12. The van der Waals surface area contributed by atoms with Crippen molar-refractivity contribution in [3.63, 3.8) is 0 Å². The van der Waals surface area contributed by atoms with Gasteiger partial charge >= 0.3 is 0 Å². The first-order valence-corrected chi connectivity index (χ1v) is 6.47. The molecule has 1 aromatic carbocycles. The third-order valence-corrected chi connectivity index (χ3v) is 3.76. The molecular weight excluding hydrogens is 350 g/mol. The van der Waals surface area contributed by atoms with Crippen molar-refractivity contribution < 1.29 is 22.4 Å². The van der Waals surface area contributed by atoms with Crippen molar-refractivity contribution in [3.05, 3.63) is 50.1 Å². The third-order valence-electron chi connectivity index (χ3n) is 2.19. The molecule has 0 unspecified atom stereocenters. The topological polar surface area (TPSA) is 29.1 Å². The fourth-order valence-electron chi connectivity index (χ4n) is 1.30. The molecule has 0 aliphatic heterocycles. The smallest absolute Gasteiger partial charge is 0.265 e. The summed E-state index contributed by atoms with van der Waals surface area (Å²) < 4.78 is 52.5. The first kappa shape index (κ1) is 14.0. The summed E-state index contributed by atoms with van der Waals surface area (Å²) in [5.41, 5.74) is -1.16. The van der Waals surface area contributed by atoms with Crippen molar-refractivity contribution in [2.75, 3.05) is 5.32 Å². The van der Waals surface area contributed by atoms with Crippen LogP contribution < -0.4 is 5.32 Å². The molecule has 1 heterocycles. The van der Waals surface area contributed by atoms with Gasteiger partial charge in [-0.3, -0.25) is 4.79 Å². The molecule has 0 aliphatic rings. The molecule has 0 bridgehead atoms. The third kappa shape index (κ3) is 2.50. The van der Waals surface area contributed by atoms with Crippen LogP contribution in [0.4, 0.5) is 23.2 Å². The van der Waals surface area contributed by atoms with Gasteiger partial charge in [-0.1, -0.05) is 6.07 Å². The number of anilines is 1. The Morgan fingerprint density at radius 3 is 2.16 bits per heavy atom. The van der Waals surface area contributed by atoms with Gasteiger partial charge in [0, 0.05) is 0 Å². The first-order chi connectivity index (χ1) is 8.93. The largest absolute Gasteiger partial charge is 0.316 e. The molecule has 1 N–H and O–H groups in total. The molecule has 0 atom stereocenters.